The number of furan rings is 1. The first kappa shape index (κ1) is 15.6. The predicted molar refractivity (Wildman–Crippen MR) is 79.0 cm³/mol. The molecule has 1 aromatic heterocycles. The molecule has 0 aromatic carbocycles. The van der Waals surface area contributed by atoms with Crippen LogP contribution in [0, 0.1) is 13.8 Å². The van der Waals surface area contributed by atoms with Crippen LogP contribution in [0.15, 0.2) is 10.5 Å². The maximum Gasteiger partial charge on any atom is 0.257 e. The van der Waals surface area contributed by atoms with Gasteiger partial charge < -0.3 is 20.0 Å². The molecule has 2 heterocycles. The maximum absolute atomic E-state index is 12.4. The number of carbonyl (C=O) groups is 2. The fourth-order valence-corrected chi connectivity index (χ4v) is 2.58. The molecule has 0 atom stereocenters. The number of hydrogen-bond donors (Lipinski definition) is 1. The molecule has 0 aliphatic carbocycles. The molecule has 0 unspecified atom stereocenters. The number of rotatable bonds is 4. The smallest absolute Gasteiger partial charge is 0.257 e. The molecule has 0 saturated carbocycles. The Hall–Kier alpha value is -1.82. The van der Waals surface area contributed by atoms with Gasteiger partial charge in [0.25, 0.3) is 5.91 Å². The van der Waals surface area contributed by atoms with Crippen LogP contribution in [-0.4, -0.2) is 54.3 Å². The fourth-order valence-electron chi connectivity index (χ4n) is 2.58. The van der Waals surface area contributed by atoms with Gasteiger partial charge in [0.1, 0.15) is 11.5 Å². The van der Waals surface area contributed by atoms with E-state index in [1.54, 1.807) is 17.9 Å². The number of aryl methyl sites for hydroxylation is 2. The molecular weight excluding hydrogens is 270 g/mol. The third kappa shape index (κ3) is 3.64. The van der Waals surface area contributed by atoms with Crippen LogP contribution in [0.5, 0.6) is 0 Å². The topological polar surface area (TPSA) is 79.8 Å². The quantitative estimate of drug-likeness (QED) is 0.895. The molecule has 2 N–H and O–H groups in total. The van der Waals surface area contributed by atoms with Crippen molar-refractivity contribution < 1.29 is 14.0 Å². The van der Waals surface area contributed by atoms with Crippen molar-refractivity contribution in [3.05, 3.63) is 23.2 Å². The van der Waals surface area contributed by atoms with E-state index in [-0.39, 0.29) is 11.8 Å². The van der Waals surface area contributed by atoms with E-state index in [2.05, 4.69) is 0 Å². The summed E-state index contributed by atoms with van der Waals surface area (Å²) < 4.78 is 5.41. The molecule has 2 amide bonds. The molecule has 6 heteroatoms. The first-order chi connectivity index (χ1) is 10.0. The van der Waals surface area contributed by atoms with Gasteiger partial charge in [-0.25, -0.2) is 0 Å². The second-order valence-electron chi connectivity index (χ2n) is 5.39. The Morgan fingerprint density at radius 3 is 2.33 bits per heavy atom. The number of carbonyl (C=O) groups excluding carboxylic acids is 2. The third-order valence-electron chi connectivity index (χ3n) is 3.79. The minimum atomic E-state index is -0.0154. The van der Waals surface area contributed by atoms with Gasteiger partial charge >= 0.3 is 0 Å². The molecule has 116 valence electrons. The van der Waals surface area contributed by atoms with Gasteiger partial charge in [-0.05, 0) is 32.9 Å². The first-order valence-corrected chi connectivity index (χ1v) is 7.37. The fraction of sp³-hybridized carbons (Fsp3) is 0.600. The summed E-state index contributed by atoms with van der Waals surface area (Å²) in [7, 11) is 0. The predicted octanol–water partition coefficient (Wildman–Crippen LogP) is 0.920. The lowest BCUT2D eigenvalue weighted by Crippen LogP contribution is -2.50. The Kier molecular flexibility index (Phi) is 5.01. The molecule has 1 saturated heterocycles. The maximum atomic E-state index is 12.4. The van der Waals surface area contributed by atoms with Crippen molar-refractivity contribution in [2.45, 2.75) is 26.7 Å². The van der Waals surface area contributed by atoms with E-state index in [0.717, 1.165) is 5.76 Å². The molecular formula is C15H23N3O3. The van der Waals surface area contributed by atoms with E-state index in [1.807, 2.05) is 11.8 Å². The van der Waals surface area contributed by atoms with Crippen molar-refractivity contribution in [3.63, 3.8) is 0 Å². The van der Waals surface area contributed by atoms with Crippen LogP contribution in [0.2, 0.25) is 0 Å². The van der Waals surface area contributed by atoms with E-state index in [4.69, 9.17) is 10.2 Å². The monoisotopic (exact) mass is 293 g/mol. The summed E-state index contributed by atoms with van der Waals surface area (Å²) in [5, 5.41) is 0. The number of nitrogens with two attached hydrogens (primary N) is 1. The zero-order chi connectivity index (χ0) is 15.4. The second-order valence-corrected chi connectivity index (χ2v) is 5.39. The van der Waals surface area contributed by atoms with Gasteiger partial charge in [0.15, 0.2) is 0 Å². The number of amides is 2. The van der Waals surface area contributed by atoms with Crippen molar-refractivity contribution in [2.75, 3.05) is 32.7 Å². The summed E-state index contributed by atoms with van der Waals surface area (Å²) in [5.74, 6) is 1.51. The Morgan fingerprint density at radius 1 is 1.19 bits per heavy atom. The molecule has 21 heavy (non-hydrogen) atoms. The highest BCUT2D eigenvalue weighted by atomic mass is 16.3. The minimum absolute atomic E-state index is 0.0154. The summed E-state index contributed by atoms with van der Waals surface area (Å²) in [6.07, 6.45) is 1.20. The average Bonchev–Trinajstić information content (AvgIpc) is 2.83. The largest absolute Gasteiger partial charge is 0.466 e. The van der Waals surface area contributed by atoms with Gasteiger partial charge in [0.2, 0.25) is 5.91 Å². The van der Waals surface area contributed by atoms with Crippen LogP contribution < -0.4 is 5.73 Å². The van der Waals surface area contributed by atoms with E-state index >= 15 is 0 Å². The van der Waals surface area contributed by atoms with Crippen LogP contribution in [0.25, 0.3) is 0 Å². The Labute approximate surface area is 124 Å². The molecule has 0 bridgehead atoms. The van der Waals surface area contributed by atoms with Gasteiger partial charge in [0.05, 0.1) is 5.56 Å². The Morgan fingerprint density at radius 2 is 1.81 bits per heavy atom. The highest BCUT2D eigenvalue weighted by Gasteiger charge is 2.26. The highest BCUT2D eigenvalue weighted by molar-refractivity contribution is 5.95. The SMILES string of the molecule is Cc1cc(C(=O)N2CCN(C(=O)CCCN)CC2)c(C)o1. The zero-order valence-electron chi connectivity index (χ0n) is 12.7. The lowest BCUT2D eigenvalue weighted by molar-refractivity contribution is -0.132. The molecule has 1 fully saturated rings. The van der Waals surface area contributed by atoms with Crippen LogP contribution in [0.1, 0.15) is 34.7 Å². The molecule has 6 nitrogen and oxygen atoms in total. The van der Waals surface area contributed by atoms with E-state index < -0.39 is 0 Å². The van der Waals surface area contributed by atoms with E-state index in [1.165, 1.54) is 0 Å². The van der Waals surface area contributed by atoms with Crippen LogP contribution in [-0.2, 0) is 4.79 Å². The number of nitrogens with zero attached hydrogens (tertiary/aromatic N) is 2. The molecule has 0 radical (unpaired) electrons. The summed E-state index contributed by atoms with van der Waals surface area (Å²) in [6.45, 7) is 6.47. The number of hydrogen-bond acceptors (Lipinski definition) is 4. The molecule has 0 spiro atoms. The molecule has 1 aliphatic rings. The molecule has 1 aromatic rings. The van der Waals surface area contributed by atoms with Gasteiger partial charge in [-0.15, -0.1) is 0 Å². The van der Waals surface area contributed by atoms with Crippen LogP contribution in [0.4, 0.5) is 0 Å². The summed E-state index contributed by atoms with van der Waals surface area (Å²) in [5.41, 5.74) is 6.04. The number of piperazine rings is 1. The lowest BCUT2D eigenvalue weighted by atomic mass is 10.2. The summed E-state index contributed by atoms with van der Waals surface area (Å²) >= 11 is 0. The van der Waals surface area contributed by atoms with E-state index in [0.29, 0.717) is 56.9 Å². The Balaban J connectivity index is 1.90. The normalized spacial score (nSPS) is 15.4. The van der Waals surface area contributed by atoms with Crippen molar-refractivity contribution in [1.82, 2.24) is 9.80 Å². The van der Waals surface area contributed by atoms with Crippen molar-refractivity contribution in [3.8, 4) is 0 Å². The summed E-state index contributed by atoms with van der Waals surface area (Å²) in [6, 6.07) is 1.77. The molecule has 2 rings (SSSR count). The highest BCUT2D eigenvalue weighted by Crippen LogP contribution is 2.17. The molecule has 1 aliphatic heterocycles. The zero-order valence-corrected chi connectivity index (χ0v) is 12.7. The van der Waals surface area contributed by atoms with Crippen LogP contribution >= 0.6 is 0 Å². The van der Waals surface area contributed by atoms with Gasteiger partial charge in [0, 0.05) is 32.6 Å². The van der Waals surface area contributed by atoms with Crippen molar-refractivity contribution >= 4 is 11.8 Å². The second kappa shape index (κ2) is 6.76. The van der Waals surface area contributed by atoms with Gasteiger partial charge in [-0.3, -0.25) is 9.59 Å². The summed E-state index contributed by atoms with van der Waals surface area (Å²) in [4.78, 5) is 27.9. The third-order valence-corrected chi connectivity index (χ3v) is 3.79. The minimum Gasteiger partial charge on any atom is -0.466 e. The lowest BCUT2D eigenvalue weighted by Gasteiger charge is -2.34. The standard InChI is InChI=1S/C15H23N3O3/c1-11-10-13(12(2)21-11)15(20)18-8-6-17(7-9-18)14(19)4-3-5-16/h10H,3-9,16H2,1-2H3. The van der Waals surface area contributed by atoms with Crippen molar-refractivity contribution in [1.29, 1.82) is 0 Å². The van der Waals surface area contributed by atoms with Crippen molar-refractivity contribution in [2.24, 2.45) is 5.73 Å². The van der Waals surface area contributed by atoms with Crippen LogP contribution in [0.3, 0.4) is 0 Å². The Bertz CT molecular complexity index is 516. The average molecular weight is 293 g/mol. The van der Waals surface area contributed by atoms with Gasteiger partial charge in [-0.1, -0.05) is 0 Å². The van der Waals surface area contributed by atoms with Gasteiger partial charge in [-0.2, -0.15) is 0 Å². The van der Waals surface area contributed by atoms with E-state index in [9.17, 15) is 9.59 Å². The first-order valence-electron chi connectivity index (χ1n) is 7.37.